The van der Waals surface area contributed by atoms with E-state index in [1.165, 1.54) is 32.4 Å². The standard InChI is InChI=1S/C52H34N4/c1-5-15-35(16-6-1)38-31-39(52-53-46(36-17-7-2-8-18-36)34-47(54-52)37-19-9-3-10-20-37)33-41(32-38)56-49-24-14-13-23-45(49)51-44-26-27-48-43(42(44)25-28-50(51)56)29-30-55(48)40-21-11-4-12-22-40/h1-34H. The van der Waals surface area contributed by atoms with Gasteiger partial charge < -0.3 is 9.13 Å². The summed E-state index contributed by atoms with van der Waals surface area (Å²) in [6.07, 6.45) is 2.18. The van der Waals surface area contributed by atoms with Crippen molar-refractivity contribution in [1.82, 2.24) is 19.1 Å². The molecule has 8 aromatic carbocycles. The lowest BCUT2D eigenvalue weighted by atomic mass is 10.0. The SMILES string of the molecule is c1ccc(-c2cc(-c3nc(-c4ccccc4)cc(-c4ccccc4)n3)cc(-n3c4ccccc4c4c5ccc6c(ccn6-c6ccccc6)c5ccc43)c2)cc1. The van der Waals surface area contributed by atoms with Crippen LogP contribution in [0.3, 0.4) is 0 Å². The number of rotatable bonds is 6. The maximum Gasteiger partial charge on any atom is 0.160 e. The zero-order chi connectivity index (χ0) is 37.0. The number of hydrogen-bond donors (Lipinski definition) is 0. The van der Waals surface area contributed by atoms with Crippen LogP contribution in [0.4, 0.5) is 0 Å². The summed E-state index contributed by atoms with van der Waals surface area (Å²) in [5, 5.41) is 6.18. The fourth-order valence-electron chi connectivity index (χ4n) is 8.35. The molecule has 4 nitrogen and oxygen atoms in total. The number of para-hydroxylation sites is 2. The maximum atomic E-state index is 5.25. The minimum atomic E-state index is 0.681. The molecule has 0 fully saturated rings. The van der Waals surface area contributed by atoms with Gasteiger partial charge >= 0.3 is 0 Å². The molecule has 0 atom stereocenters. The Bertz CT molecular complexity index is 3160. The van der Waals surface area contributed by atoms with Crippen LogP contribution in [0.25, 0.3) is 99.9 Å². The molecule has 0 amide bonds. The average Bonchev–Trinajstić information content (AvgIpc) is 3.87. The van der Waals surface area contributed by atoms with E-state index in [9.17, 15) is 0 Å². The Morgan fingerprint density at radius 1 is 0.321 bits per heavy atom. The van der Waals surface area contributed by atoms with E-state index in [0.717, 1.165) is 61.6 Å². The van der Waals surface area contributed by atoms with E-state index in [0.29, 0.717) is 5.82 Å². The van der Waals surface area contributed by atoms with Crippen LogP contribution in [0, 0.1) is 0 Å². The van der Waals surface area contributed by atoms with Crippen LogP contribution in [0.15, 0.2) is 206 Å². The van der Waals surface area contributed by atoms with Gasteiger partial charge in [-0.3, -0.25) is 0 Å². The van der Waals surface area contributed by atoms with Crippen molar-refractivity contribution in [3.63, 3.8) is 0 Å². The van der Waals surface area contributed by atoms with Crippen LogP contribution in [-0.4, -0.2) is 19.1 Å². The second-order valence-electron chi connectivity index (χ2n) is 14.3. The van der Waals surface area contributed by atoms with Gasteiger partial charge in [0.2, 0.25) is 0 Å². The van der Waals surface area contributed by atoms with Crippen molar-refractivity contribution < 1.29 is 0 Å². The number of aromatic nitrogens is 4. The van der Waals surface area contributed by atoms with Crippen molar-refractivity contribution in [1.29, 1.82) is 0 Å². The average molecular weight is 715 g/mol. The summed E-state index contributed by atoms with van der Waals surface area (Å²) in [7, 11) is 0. The van der Waals surface area contributed by atoms with Gasteiger partial charge in [0.1, 0.15) is 0 Å². The molecule has 0 bridgehead atoms. The first-order valence-corrected chi connectivity index (χ1v) is 19.0. The smallest absolute Gasteiger partial charge is 0.160 e. The number of hydrogen-bond acceptors (Lipinski definition) is 2. The highest BCUT2D eigenvalue weighted by Crippen LogP contribution is 2.41. The molecule has 0 N–H and O–H groups in total. The molecule has 0 radical (unpaired) electrons. The maximum absolute atomic E-state index is 5.25. The first kappa shape index (κ1) is 31.9. The number of benzene rings is 8. The fourth-order valence-corrected chi connectivity index (χ4v) is 8.35. The highest BCUT2D eigenvalue weighted by molar-refractivity contribution is 6.25. The van der Waals surface area contributed by atoms with Crippen molar-refractivity contribution in [3.05, 3.63) is 206 Å². The molecule has 262 valence electrons. The molecule has 11 aromatic rings. The molecule has 0 saturated carbocycles. The number of fused-ring (bicyclic) bond motifs is 7. The van der Waals surface area contributed by atoms with E-state index in [1.807, 2.05) is 12.1 Å². The molecule has 3 aromatic heterocycles. The molecule has 56 heavy (non-hydrogen) atoms. The highest BCUT2D eigenvalue weighted by Gasteiger charge is 2.19. The molecule has 0 aliphatic carbocycles. The Morgan fingerprint density at radius 3 is 1.59 bits per heavy atom. The van der Waals surface area contributed by atoms with Crippen molar-refractivity contribution in [2.24, 2.45) is 0 Å². The van der Waals surface area contributed by atoms with Gasteiger partial charge in [0.25, 0.3) is 0 Å². The summed E-state index contributed by atoms with van der Waals surface area (Å²) >= 11 is 0. The summed E-state index contributed by atoms with van der Waals surface area (Å²) in [5.41, 5.74) is 12.8. The Morgan fingerprint density at radius 2 is 0.893 bits per heavy atom. The quantitative estimate of drug-likeness (QED) is 0.172. The van der Waals surface area contributed by atoms with Gasteiger partial charge in [0, 0.05) is 50.4 Å². The first-order valence-electron chi connectivity index (χ1n) is 19.0. The lowest BCUT2D eigenvalue weighted by Gasteiger charge is -2.15. The summed E-state index contributed by atoms with van der Waals surface area (Å²) in [6, 6.07) is 71.0. The molecule has 0 aliphatic rings. The zero-order valence-electron chi connectivity index (χ0n) is 30.4. The van der Waals surface area contributed by atoms with E-state index in [4.69, 9.17) is 9.97 Å². The molecular weight excluding hydrogens is 681 g/mol. The van der Waals surface area contributed by atoms with Gasteiger partial charge in [-0.2, -0.15) is 0 Å². The monoisotopic (exact) mass is 714 g/mol. The minimum Gasteiger partial charge on any atom is -0.317 e. The van der Waals surface area contributed by atoms with E-state index >= 15 is 0 Å². The van der Waals surface area contributed by atoms with Crippen LogP contribution in [0.2, 0.25) is 0 Å². The zero-order valence-corrected chi connectivity index (χ0v) is 30.4. The molecule has 0 spiro atoms. The van der Waals surface area contributed by atoms with E-state index in [1.54, 1.807) is 0 Å². The third-order valence-corrected chi connectivity index (χ3v) is 10.9. The largest absolute Gasteiger partial charge is 0.317 e. The third kappa shape index (κ3) is 5.31. The van der Waals surface area contributed by atoms with Crippen molar-refractivity contribution >= 4 is 43.5 Å². The Kier molecular flexibility index (Phi) is 7.46. The van der Waals surface area contributed by atoms with Gasteiger partial charge in [-0.1, -0.05) is 140 Å². The predicted molar refractivity (Wildman–Crippen MR) is 232 cm³/mol. The summed E-state index contributed by atoms with van der Waals surface area (Å²) < 4.78 is 4.69. The van der Waals surface area contributed by atoms with E-state index in [-0.39, 0.29) is 0 Å². The molecule has 0 unspecified atom stereocenters. The highest BCUT2D eigenvalue weighted by atomic mass is 15.0. The molecule has 11 rings (SSSR count). The van der Waals surface area contributed by atoms with Crippen LogP contribution in [0.1, 0.15) is 0 Å². The molecular formula is C52H34N4. The van der Waals surface area contributed by atoms with Crippen LogP contribution < -0.4 is 0 Å². The van der Waals surface area contributed by atoms with Crippen molar-refractivity contribution in [3.8, 4) is 56.4 Å². The summed E-state index contributed by atoms with van der Waals surface area (Å²) in [4.78, 5) is 10.5. The van der Waals surface area contributed by atoms with E-state index in [2.05, 4.69) is 203 Å². The van der Waals surface area contributed by atoms with Crippen molar-refractivity contribution in [2.45, 2.75) is 0 Å². The van der Waals surface area contributed by atoms with Crippen molar-refractivity contribution in [2.75, 3.05) is 0 Å². The second-order valence-corrected chi connectivity index (χ2v) is 14.3. The minimum absolute atomic E-state index is 0.681. The van der Waals surface area contributed by atoms with Gasteiger partial charge in [-0.25, -0.2) is 9.97 Å². The van der Waals surface area contributed by atoms with Gasteiger partial charge in [-0.15, -0.1) is 0 Å². The summed E-state index contributed by atoms with van der Waals surface area (Å²) in [6.45, 7) is 0. The molecule has 0 saturated heterocycles. The Hall–Kier alpha value is -7.56. The van der Waals surface area contributed by atoms with Crippen LogP contribution >= 0.6 is 0 Å². The molecule has 0 aliphatic heterocycles. The topological polar surface area (TPSA) is 35.6 Å². The molecule has 3 heterocycles. The Labute approximate surface area is 324 Å². The van der Waals surface area contributed by atoms with Gasteiger partial charge in [0.05, 0.1) is 27.9 Å². The second kappa shape index (κ2) is 13.1. The summed E-state index contributed by atoms with van der Waals surface area (Å²) in [5.74, 6) is 0.681. The van der Waals surface area contributed by atoms with Gasteiger partial charge in [0.15, 0.2) is 5.82 Å². The van der Waals surface area contributed by atoms with E-state index < -0.39 is 0 Å². The van der Waals surface area contributed by atoms with Crippen LogP contribution in [0.5, 0.6) is 0 Å². The van der Waals surface area contributed by atoms with Gasteiger partial charge in [-0.05, 0) is 82.6 Å². The molecule has 4 heteroatoms. The Balaban J connectivity index is 1.17. The lowest BCUT2D eigenvalue weighted by Crippen LogP contribution is -1.99. The predicted octanol–water partition coefficient (Wildman–Crippen LogP) is 13.3. The fraction of sp³-hybridized carbons (Fsp3) is 0. The lowest BCUT2D eigenvalue weighted by molar-refractivity contribution is 1.13. The third-order valence-electron chi connectivity index (χ3n) is 10.9. The normalized spacial score (nSPS) is 11.6. The number of nitrogens with zero attached hydrogens (tertiary/aromatic N) is 4. The van der Waals surface area contributed by atoms with Crippen LogP contribution in [-0.2, 0) is 0 Å². The first-order chi connectivity index (χ1) is 27.8.